The number of fused-ring (bicyclic) bond motifs is 2. The summed E-state index contributed by atoms with van der Waals surface area (Å²) in [5, 5.41) is 9.66. The zero-order chi connectivity index (χ0) is 14.6. The van der Waals surface area contributed by atoms with Crippen LogP contribution in [-0.4, -0.2) is 22.9 Å². The molecule has 20 heavy (non-hydrogen) atoms. The van der Waals surface area contributed by atoms with Gasteiger partial charge in [0.1, 0.15) is 5.00 Å². The lowest BCUT2D eigenvalue weighted by Gasteiger charge is -2.29. The Morgan fingerprint density at radius 2 is 1.75 bits per heavy atom. The monoisotopic (exact) mass is 293 g/mol. The predicted molar refractivity (Wildman–Crippen MR) is 74.1 cm³/mol. The van der Waals surface area contributed by atoms with Crippen molar-refractivity contribution in [1.82, 2.24) is 0 Å². The van der Waals surface area contributed by atoms with E-state index in [0.29, 0.717) is 17.0 Å². The number of piperidine rings is 1. The van der Waals surface area contributed by atoms with E-state index >= 15 is 0 Å². The van der Waals surface area contributed by atoms with E-state index < -0.39 is 5.97 Å². The molecule has 1 aliphatic carbocycles. The van der Waals surface area contributed by atoms with Gasteiger partial charge < -0.3 is 5.11 Å². The number of thiophene rings is 1. The lowest BCUT2D eigenvalue weighted by molar-refractivity contribution is -0.132. The van der Waals surface area contributed by atoms with Gasteiger partial charge in [0.25, 0.3) is 0 Å². The zero-order valence-electron chi connectivity index (χ0n) is 11.3. The van der Waals surface area contributed by atoms with Gasteiger partial charge in [0.05, 0.1) is 5.56 Å². The third-order valence-electron chi connectivity index (χ3n) is 4.36. The van der Waals surface area contributed by atoms with Crippen LogP contribution in [0.15, 0.2) is 0 Å². The number of hydrogen-bond acceptors (Lipinski definition) is 4. The molecule has 2 aliphatic rings. The number of imide groups is 1. The van der Waals surface area contributed by atoms with Gasteiger partial charge >= 0.3 is 5.97 Å². The Balaban J connectivity index is 2.13. The Labute approximate surface area is 120 Å². The lowest BCUT2D eigenvalue weighted by Crippen LogP contribution is -2.46. The topological polar surface area (TPSA) is 74.7 Å². The van der Waals surface area contributed by atoms with Crippen molar-refractivity contribution in [2.45, 2.75) is 33.1 Å². The molecule has 2 fully saturated rings. The van der Waals surface area contributed by atoms with Gasteiger partial charge in [-0.25, -0.2) is 9.69 Å². The van der Waals surface area contributed by atoms with Crippen LogP contribution in [0.5, 0.6) is 0 Å². The van der Waals surface area contributed by atoms with Crippen LogP contribution in [0.4, 0.5) is 5.00 Å². The Morgan fingerprint density at radius 1 is 1.20 bits per heavy atom. The number of carboxylic acids is 1. The summed E-state index contributed by atoms with van der Waals surface area (Å²) >= 11 is 1.22. The molecule has 1 N–H and O–H groups in total. The third-order valence-corrected chi connectivity index (χ3v) is 5.55. The largest absolute Gasteiger partial charge is 0.478 e. The van der Waals surface area contributed by atoms with E-state index in [1.807, 2.05) is 6.92 Å². The van der Waals surface area contributed by atoms with Crippen molar-refractivity contribution < 1.29 is 19.5 Å². The molecule has 2 heterocycles. The summed E-state index contributed by atoms with van der Waals surface area (Å²) in [6.45, 7) is 3.52. The summed E-state index contributed by atoms with van der Waals surface area (Å²) in [4.78, 5) is 38.2. The Morgan fingerprint density at radius 3 is 2.25 bits per heavy atom. The van der Waals surface area contributed by atoms with E-state index in [9.17, 15) is 19.5 Å². The predicted octanol–water partition coefficient (Wildman–Crippen LogP) is 2.35. The first-order valence-corrected chi connectivity index (χ1v) is 7.44. The average molecular weight is 293 g/mol. The molecule has 0 radical (unpaired) electrons. The normalized spacial score (nSPS) is 25.4. The van der Waals surface area contributed by atoms with E-state index in [2.05, 4.69) is 0 Å². The highest BCUT2D eigenvalue weighted by molar-refractivity contribution is 7.17. The molecular weight excluding hydrogens is 278 g/mol. The first kappa shape index (κ1) is 13.3. The maximum Gasteiger partial charge on any atom is 0.339 e. The van der Waals surface area contributed by atoms with Crippen LogP contribution in [-0.2, 0) is 9.59 Å². The minimum Gasteiger partial charge on any atom is -0.478 e. The summed E-state index contributed by atoms with van der Waals surface area (Å²) in [5.74, 6) is -1.79. The number of hydrogen-bond donors (Lipinski definition) is 1. The van der Waals surface area contributed by atoms with E-state index in [4.69, 9.17) is 0 Å². The third kappa shape index (κ3) is 1.71. The lowest BCUT2D eigenvalue weighted by atomic mass is 9.97. The number of aryl methyl sites for hydroxylation is 1. The van der Waals surface area contributed by atoms with Gasteiger partial charge in [-0.15, -0.1) is 11.3 Å². The molecular formula is C14H15NO4S. The molecule has 2 amide bonds. The molecule has 1 aromatic rings. The van der Waals surface area contributed by atoms with Crippen LogP contribution >= 0.6 is 11.3 Å². The second-order valence-corrected chi connectivity index (χ2v) is 6.69. The number of carboxylic acid groups (broad SMARTS) is 1. The highest BCUT2D eigenvalue weighted by Gasteiger charge is 2.47. The number of carbonyl (C=O) groups excluding carboxylic acids is 2. The first-order valence-electron chi connectivity index (χ1n) is 6.63. The van der Waals surface area contributed by atoms with E-state index in [1.54, 1.807) is 6.92 Å². The van der Waals surface area contributed by atoms with Crippen molar-refractivity contribution in [2.75, 3.05) is 4.90 Å². The zero-order valence-corrected chi connectivity index (χ0v) is 12.1. The van der Waals surface area contributed by atoms with Gasteiger partial charge in [-0.05, 0) is 38.7 Å². The fourth-order valence-corrected chi connectivity index (χ4v) is 4.28. The van der Waals surface area contributed by atoms with Gasteiger partial charge in [-0.2, -0.15) is 0 Å². The van der Waals surface area contributed by atoms with Gasteiger partial charge in [0.2, 0.25) is 11.8 Å². The molecule has 5 nitrogen and oxygen atoms in total. The molecule has 1 aromatic heterocycles. The van der Waals surface area contributed by atoms with Crippen LogP contribution < -0.4 is 4.90 Å². The van der Waals surface area contributed by atoms with Crippen LogP contribution in [0.2, 0.25) is 0 Å². The van der Waals surface area contributed by atoms with Gasteiger partial charge in [-0.1, -0.05) is 0 Å². The Bertz CT molecular complexity index is 611. The van der Waals surface area contributed by atoms with Crippen molar-refractivity contribution in [3.63, 3.8) is 0 Å². The minimum absolute atomic E-state index is 0.0931. The number of amides is 2. The quantitative estimate of drug-likeness (QED) is 0.849. The average Bonchev–Trinajstić information content (AvgIpc) is 2.93. The molecule has 2 bridgehead atoms. The van der Waals surface area contributed by atoms with Crippen molar-refractivity contribution in [3.8, 4) is 0 Å². The van der Waals surface area contributed by atoms with Crippen molar-refractivity contribution >= 4 is 34.1 Å². The minimum atomic E-state index is -1.08. The van der Waals surface area contributed by atoms with E-state index in [1.165, 1.54) is 11.3 Å². The van der Waals surface area contributed by atoms with Gasteiger partial charge in [0.15, 0.2) is 0 Å². The number of carbonyl (C=O) groups is 3. The molecule has 6 heteroatoms. The van der Waals surface area contributed by atoms with Crippen LogP contribution in [0, 0.1) is 25.7 Å². The molecule has 1 saturated carbocycles. The first-order chi connectivity index (χ1) is 9.41. The standard InChI is InChI=1S/C14H15NO4S/c1-6-7(2)20-13(10(6)14(18)19)15-11(16)8-3-4-9(5-8)12(15)17/h8-9H,3-5H2,1-2H3,(H,18,19). The SMILES string of the molecule is Cc1sc(N2C(=O)C3CCC(C3)C2=O)c(C(=O)O)c1C. The van der Waals surface area contributed by atoms with Gasteiger partial charge in [-0.3, -0.25) is 9.59 Å². The Hall–Kier alpha value is -1.69. The van der Waals surface area contributed by atoms with Crippen LogP contribution in [0.3, 0.4) is 0 Å². The van der Waals surface area contributed by atoms with E-state index in [0.717, 1.165) is 22.6 Å². The fraction of sp³-hybridized carbons (Fsp3) is 0.500. The second kappa shape index (κ2) is 4.41. The summed E-state index contributed by atoms with van der Waals surface area (Å²) in [6, 6.07) is 0. The molecule has 2 atom stereocenters. The number of aromatic carboxylic acids is 1. The van der Waals surface area contributed by atoms with Crippen LogP contribution in [0.25, 0.3) is 0 Å². The summed E-state index contributed by atoms with van der Waals surface area (Å²) < 4.78 is 0. The molecule has 3 rings (SSSR count). The highest BCUT2D eigenvalue weighted by Crippen LogP contribution is 2.44. The maximum atomic E-state index is 12.4. The second-order valence-electron chi connectivity index (χ2n) is 5.49. The smallest absolute Gasteiger partial charge is 0.339 e. The fourth-order valence-electron chi connectivity index (χ4n) is 3.12. The van der Waals surface area contributed by atoms with Crippen LogP contribution in [0.1, 0.15) is 40.1 Å². The maximum absolute atomic E-state index is 12.4. The molecule has 106 valence electrons. The van der Waals surface area contributed by atoms with Crippen molar-refractivity contribution in [2.24, 2.45) is 11.8 Å². The highest BCUT2D eigenvalue weighted by atomic mass is 32.1. The van der Waals surface area contributed by atoms with Gasteiger partial charge in [0, 0.05) is 16.7 Å². The Kier molecular flexibility index (Phi) is 2.93. The molecule has 1 aliphatic heterocycles. The number of rotatable bonds is 2. The molecule has 0 spiro atoms. The van der Waals surface area contributed by atoms with E-state index in [-0.39, 0.29) is 29.2 Å². The molecule has 0 aromatic carbocycles. The number of nitrogens with zero attached hydrogens (tertiary/aromatic N) is 1. The molecule has 2 unspecified atom stereocenters. The number of anilines is 1. The summed E-state index contributed by atoms with van der Waals surface area (Å²) in [6.07, 6.45) is 2.09. The van der Waals surface area contributed by atoms with Crippen molar-refractivity contribution in [1.29, 1.82) is 0 Å². The van der Waals surface area contributed by atoms with Crippen molar-refractivity contribution in [3.05, 3.63) is 16.0 Å². The summed E-state index contributed by atoms with van der Waals surface area (Å²) in [5.41, 5.74) is 0.728. The molecule has 1 saturated heterocycles. The summed E-state index contributed by atoms with van der Waals surface area (Å²) in [7, 11) is 0.